The third-order valence-electron chi connectivity index (χ3n) is 7.62. The van der Waals surface area contributed by atoms with E-state index >= 15 is 0 Å². The minimum atomic E-state index is -0.284. The number of carbonyl (C=O) groups excluding carboxylic acids is 1. The summed E-state index contributed by atoms with van der Waals surface area (Å²) < 4.78 is 7.77. The van der Waals surface area contributed by atoms with Gasteiger partial charge < -0.3 is 10.1 Å². The fourth-order valence-electron chi connectivity index (χ4n) is 5.41. The smallest absolute Gasteiger partial charge is 0.267 e. The summed E-state index contributed by atoms with van der Waals surface area (Å²) in [4.78, 5) is 34.4. The lowest BCUT2D eigenvalue weighted by atomic mass is 9.96. The maximum atomic E-state index is 14.2. The number of thiophene rings is 1. The van der Waals surface area contributed by atoms with Gasteiger partial charge in [-0.15, -0.1) is 11.3 Å². The van der Waals surface area contributed by atoms with Crippen LogP contribution in [-0.4, -0.2) is 27.3 Å². The van der Waals surface area contributed by atoms with Crippen molar-refractivity contribution >= 4 is 39.2 Å². The first-order valence-corrected chi connectivity index (χ1v) is 16.0. The van der Waals surface area contributed by atoms with Gasteiger partial charge in [-0.1, -0.05) is 98.4 Å². The van der Waals surface area contributed by atoms with Crippen LogP contribution in [0.15, 0.2) is 94.9 Å². The van der Waals surface area contributed by atoms with Gasteiger partial charge in [0.15, 0.2) is 5.16 Å². The summed E-state index contributed by atoms with van der Waals surface area (Å²) in [5.41, 5.74) is 4.76. The molecule has 42 heavy (non-hydrogen) atoms. The highest BCUT2D eigenvalue weighted by Crippen LogP contribution is 2.36. The number of fused-ring (bicyclic) bond motifs is 3. The van der Waals surface area contributed by atoms with E-state index in [1.54, 1.807) is 4.57 Å². The van der Waals surface area contributed by atoms with Gasteiger partial charge in [0.1, 0.15) is 4.83 Å². The van der Waals surface area contributed by atoms with Crippen LogP contribution in [-0.2, 0) is 22.6 Å². The number of aryl methyl sites for hydroxylation is 1. The number of aromatic nitrogens is 2. The number of hydrogen-bond donors (Lipinski definition) is 1. The van der Waals surface area contributed by atoms with E-state index < -0.39 is 0 Å². The van der Waals surface area contributed by atoms with Gasteiger partial charge in [0.25, 0.3) is 5.56 Å². The van der Waals surface area contributed by atoms with Crippen molar-refractivity contribution in [3.8, 4) is 5.69 Å². The Balaban J connectivity index is 1.35. The summed E-state index contributed by atoms with van der Waals surface area (Å²) in [6, 6.07) is 27.5. The monoisotopic (exact) mass is 595 g/mol. The van der Waals surface area contributed by atoms with E-state index in [0.29, 0.717) is 34.3 Å². The SMILES string of the molecule is Cc1cccc(-n2c(SCC(=O)NC(c3ccccc3)c3ccccc3)nc3sc4c(c3c2=O)C[C@@H](C(C)C)OC4)c1. The number of benzene rings is 3. The topological polar surface area (TPSA) is 73.2 Å². The van der Waals surface area contributed by atoms with Gasteiger partial charge >= 0.3 is 0 Å². The van der Waals surface area contributed by atoms with Crippen LogP contribution >= 0.6 is 23.1 Å². The fraction of sp³-hybridized carbons (Fsp3) is 0.265. The highest BCUT2D eigenvalue weighted by molar-refractivity contribution is 7.99. The van der Waals surface area contributed by atoms with Crippen molar-refractivity contribution < 1.29 is 9.53 Å². The molecule has 6 nitrogen and oxygen atoms in total. The van der Waals surface area contributed by atoms with Crippen LogP contribution in [0.5, 0.6) is 0 Å². The first kappa shape index (κ1) is 28.4. The Kier molecular flexibility index (Phi) is 8.29. The summed E-state index contributed by atoms with van der Waals surface area (Å²) in [7, 11) is 0. The van der Waals surface area contributed by atoms with E-state index in [9.17, 15) is 9.59 Å². The zero-order chi connectivity index (χ0) is 29.2. The van der Waals surface area contributed by atoms with Crippen LogP contribution in [0.4, 0.5) is 0 Å². The zero-order valence-corrected chi connectivity index (χ0v) is 25.5. The Hall–Kier alpha value is -3.72. The first-order chi connectivity index (χ1) is 20.4. The maximum Gasteiger partial charge on any atom is 0.267 e. The number of thioether (sulfide) groups is 1. The van der Waals surface area contributed by atoms with Crippen molar-refractivity contribution in [2.24, 2.45) is 5.92 Å². The molecule has 1 aliphatic rings. The second-order valence-electron chi connectivity index (χ2n) is 11.0. The Bertz CT molecular complexity index is 1740. The second kappa shape index (κ2) is 12.3. The molecule has 5 aromatic rings. The molecule has 0 aliphatic carbocycles. The first-order valence-electron chi connectivity index (χ1n) is 14.2. The molecule has 1 aliphatic heterocycles. The molecule has 2 aromatic heterocycles. The Labute approximate surface area is 253 Å². The number of hydrogen-bond acceptors (Lipinski definition) is 6. The number of ether oxygens (including phenoxy) is 1. The van der Waals surface area contributed by atoms with Crippen molar-refractivity contribution in [3.63, 3.8) is 0 Å². The highest BCUT2D eigenvalue weighted by Gasteiger charge is 2.29. The van der Waals surface area contributed by atoms with E-state index in [4.69, 9.17) is 9.72 Å². The maximum absolute atomic E-state index is 14.2. The van der Waals surface area contributed by atoms with Crippen LogP contribution in [0.1, 0.15) is 47.0 Å². The molecule has 1 N–H and O–H groups in total. The lowest BCUT2D eigenvalue weighted by Crippen LogP contribution is -2.31. The van der Waals surface area contributed by atoms with E-state index in [1.165, 1.54) is 23.1 Å². The highest BCUT2D eigenvalue weighted by atomic mass is 32.2. The minimum Gasteiger partial charge on any atom is -0.372 e. The molecule has 214 valence electrons. The molecule has 0 radical (unpaired) electrons. The van der Waals surface area contributed by atoms with Crippen LogP contribution < -0.4 is 10.9 Å². The number of nitrogens with zero attached hydrogens (tertiary/aromatic N) is 2. The molecule has 0 spiro atoms. The van der Waals surface area contributed by atoms with Crippen molar-refractivity contribution in [2.45, 2.75) is 51.1 Å². The number of amides is 1. The van der Waals surface area contributed by atoms with Gasteiger partial charge in [0.2, 0.25) is 5.91 Å². The molecule has 0 saturated heterocycles. The summed E-state index contributed by atoms with van der Waals surface area (Å²) in [6.45, 7) is 6.79. The summed E-state index contributed by atoms with van der Waals surface area (Å²) in [5, 5.41) is 4.38. The molecule has 8 heteroatoms. The van der Waals surface area contributed by atoms with Gasteiger partial charge in [-0.2, -0.15) is 0 Å². The number of nitrogens with one attached hydrogen (secondary N) is 1. The van der Waals surface area contributed by atoms with Gasteiger partial charge in [-0.3, -0.25) is 14.2 Å². The number of carbonyl (C=O) groups is 1. The summed E-state index contributed by atoms with van der Waals surface area (Å²) >= 11 is 2.81. The van der Waals surface area contributed by atoms with Crippen molar-refractivity contribution in [1.82, 2.24) is 14.9 Å². The number of rotatable bonds is 8. The molecule has 3 heterocycles. The molecule has 0 unspecified atom stereocenters. The molecule has 0 saturated carbocycles. The zero-order valence-electron chi connectivity index (χ0n) is 23.9. The van der Waals surface area contributed by atoms with Crippen LogP contribution in [0.25, 0.3) is 15.9 Å². The van der Waals surface area contributed by atoms with Crippen molar-refractivity contribution in [1.29, 1.82) is 0 Å². The molecule has 0 fully saturated rings. The third-order valence-corrected chi connectivity index (χ3v) is 9.66. The predicted octanol–water partition coefficient (Wildman–Crippen LogP) is 6.85. The largest absolute Gasteiger partial charge is 0.372 e. The van der Waals surface area contributed by atoms with Gasteiger partial charge in [-0.25, -0.2) is 4.98 Å². The van der Waals surface area contributed by atoms with Crippen LogP contribution in [0, 0.1) is 12.8 Å². The summed E-state index contributed by atoms with van der Waals surface area (Å²) in [6.07, 6.45) is 0.773. The van der Waals surface area contributed by atoms with Crippen LogP contribution in [0.2, 0.25) is 0 Å². The Morgan fingerprint density at radius 3 is 2.38 bits per heavy atom. The quantitative estimate of drug-likeness (QED) is 0.157. The van der Waals surface area contributed by atoms with Gasteiger partial charge in [0.05, 0.1) is 35.6 Å². The molecule has 6 rings (SSSR count). The average Bonchev–Trinajstić information content (AvgIpc) is 3.37. The lowest BCUT2D eigenvalue weighted by Gasteiger charge is -2.26. The Morgan fingerprint density at radius 2 is 1.74 bits per heavy atom. The standard InChI is InChI=1S/C34H33N3O3S2/c1-21(2)27-18-26-28(19-40-27)42-32-30(26)33(39)37(25-16-10-11-22(3)17-25)34(36-32)41-20-29(38)35-31(23-12-6-4-7-13-23)24-14-8-5-9-15-24/h4-17,21,27,31H,18-20H2,1-3H3,(H,35,38)/t27-/m0/s1. The summed E-state index contributed by atoms with van der Waals surface area (Å²) in [5.74, 6) is 0.328. The van der Waals surface area contributed by atoms with Crippen molar-refractivity contribution in [3.05, 3.63) is 122 Å². The van der Waals surface area contributed by atoms with E-state index in [-0.39, 0.29) is 29.4 Å². The fourth-order valence-corrected chi connectivity index (χ4v) is 7.40. The van der Waals surface area contributed by atoms with Crippen molar-refractivity contribution in [2.75, 3.05) is 5.75 Å². The molecule has 1 atom stereocenters. The third kappa shape index (κ3) is 5.79. The van der Waals surface area contributed by atoms with E-state index in [0.717, 1.165) is 32.8 Å². The van der Waals surface area contributed by atoms with E-state index in [2.05, 4.69) is 19.2 Å². The van der Waals surface area contributed by atoms with Gasteiger partial charge in [0, 0.05) is 11.3 Å². The average molecular weight is 596 g/mol. The molecular formula is C34H33N3O3S2. The normalized spacial score (nSPS) is 14.8. The van der Waals surface area contributed by atoms with Crippen LogP contribution in [0.3, 0.4) is 0 Å². The Morgan fingerprint density at radius 1 is 1.05 bits per heavy atom. The second-order valence-corrected chi connectivity index (χ2v) is 13.0. The van der Waals surface area contributed by atoms with E-state index in [1.807, 2.05) is 91.9 Å². The lowest BCUT2D eigenvalue weighted by molar-refractivity contribution is -0.119. The molecular weight excluding hydrogens is 563 g/mol. The molecule has 3 aromatic carbocycles. The predicted molar refractivity (Wildman–Crippen MR) is 171 cm³/mol. The molecule has 0 bridgehead atoms. The molecule has 1 amide bonds. The van der Waals surface area contributed by atoms with Gasteiger partial charge in [-0.05, 0) is 47.2 Å². The minimum absolute atomic E-state index is 0.0713.